The fourth-order valence-electron chi connectivity index (χ4n) is 16.3. The molecule has 1 amide bonds. The smallest absolute Gasteiger partial charge is 0.220 e. The van der Waals surface area contributed by atoms with E-state index >= 15 is 0 Å². The Morgan fingerprint density at radius 2 is 0.579 bits per heavy atom. The molecule has 0 aliphatic carbocycles. The fraction of sp³-hybridized carbons (Fsp3) is 0.968. The van der Waals surface area contributed by atoms with E-state index in [9.17, 15) is 45.6 Å². The van der Waals surface area contributed by atoms with Gasteiger partial charge in [-0.25, -0.2) is 0 Å². The van der Waals surface area contributed by atoms with Crippen LogP contribution in [0.1, 0.15) is 483 Å². The zero-order chi connectivity index (χ0) is 77.2. The van der Waals surface area contributed by atoms with E-state index in [0.717, 1.165) is 44.9 Å². The molecule has 2 heterocycles. The molecule has 2 saturated heterocycles. The van der Waals surface area contributed by atoms with E-state index < -0.39 is 86.8 Å². The summed E-state index contributed by atoms with van der Waals surface area (Å²) in [5, 5.41) is 87.9. The molecule has 0 aromatic heterocycles. The maximum atomic E-state index is 13.4. The van der Waals surface area contributed by atoms with Gasteiger partial charge in [0.25, 0.3) is 0 Å². The monoisotopic (exact) mass is 1520 g/mol. The largest absolute Gasteiger partial charge is 0.394 e. The van der Waals surface area contributed by atoms with Crippen LogP contribution < -0.4 is 5.32 Å². The summed E-state index contributed by atoms with van der Waals surface area (Å²) in [6.07, 6.45) is 85.0. The van der Waals surface area contributed by atoms with Gasteiger partial charge in [0.15, 0.2) is 12.6 Å². The highest BCUT2D eigenvalue weighted by Gasteiger charge is 2.51. The first kappa shape index (κ1) is 102. The Balaban J connectivity index is 1.53. The van der Waals surface area contributed by atoms with Crippen molar-refractivity contribution in [1.82, 2.24) is 5.32 Å². The third-order valence-electron chi connectivity index (χ3n) is 23.7. The molecule has 9 N–H and O–H groups in total. The quantitative estimate of drug-likeness (QED) is 0.0204. The van der Waals surface area contributed by atoms with E-state index in [-0.39, 0.29) is 18.9 Å². The van der Waals surface area contributed by atoms with Crippen molar-refractivity contribution in [2.75, 3.05) is 19.8 Å². The van der Waals surface area contributed by atoms with Crippen molar-refractivity contribution in [2.45, 2.75) is 556 Å². The normalized spacial score (nSPS) is 21.1. The number of rotatable bonds is 83. The van der Waals surface area contributed by atoms with Crippen molar-refractivity contribution < 1.29 is 64.6 Å². The van der Waals surface area contributed by atoms with Gasteiger partial charge in [-0.15, -0.1) is 0 Å². The molecule has 0 spiro atoms. The fourth-order valence-corrected chi connectivity index (χ4v) is 16.3. The van der Waals surface area contributed by atoms with Crippen molar-refractivity contribution in [3.8, 4) is 0 Å². The molecule has 0 aromatic carbocycles. The minimum absolute atomic E-state index is 0.227. The summed E-state index contributed by atoms with van der Waals surface area (Å²) in [5.41, 5.74) is 0. The summed E-state index contributed by atoms with van der Waals surface area (Å²) < 4.78 is 23.0. The molecule has 2 fully saturated rings. The highest BCUT2D eigenvalue weighted by atomic mass is 16.7. The molecular weight excluding hydrogens is 1340 g/mol. The van der Waals surface area contributed by atoms with Gasteiger partial charge in [-0.3, -0.25) is 4.79 Å². The van der Waals surface area contributed by atoms with E-state index in [1.165, 1.54) is 417 Å². The first-order valence-electron chi connectivity index (χ1n) is 47.4. The predicted octanol–water partition coefficient (Wildman–Crippen LogP) is 23.5. The number of carbonyl (C=O) groups excluding carboxylic acids is 1. The number of nitrogens with one attached hydrogen (secondary N) is 1. The van der Waals surface area contributed by atoms with Gasteiger partial charge in [0.1, 0.15) is 48.8 Å². The molecule has 0 aromatic rings. The second-order valence-corrected chi connectivity index (χ2v) is 33.9. The summed E-state index contributed by atoms with van der Waals surface area (Å²) in [5.74, 6) is -0.227. The second-order valence-electron chi connectivity index (χ2n) is 33.9. The molecule has 2 rings (SSSR count). The molecule has 14 heteroatoms. The van der Waals surface area contributed by atoms with Gasteiger partial charge in [0, 0.05) is 6.42 Å². The lowest BCUT2D eigenvalue weighted by Gasteiger charge is -2.46. The lowest BCUT2D eigenvalue weighted by Crippen LogP contribution is -2.65. The van der Waals surface area contributed by atoms with Crippen molar-refractivity contribution in [1.29, 1.82) is 0 Å². The van der Waals surface area contributed by atoms with E-state index in [4.69, 9.17) is 18.9 Å². The van der Waals surface area contributed by atoms with Gasteiger partial charge in [-0.2, -0.15) is 0 Å². The van der Waals surface area contributed by atoms with Gasteiger partial charge in [0.05, 0.1) is 32.0 Å². The van der Waals surface area contributed by atoms with Crippen molar-refractivity contribution in [3.05, 3.63) is 12.2 Å². The molecule has 2 aliphatic rings. The standard InChI is InChI=1S/C93H181NO13/c1-3-5-7-9-11-13-15-17-19-21-23-25-27-29-31-33-35-37-38-39-40-41-42-43-45-47-49-51-53-55-57-59-61-63-65-67-69-71-73-75-77-85(98)94-81(80-104-92-90(103)88(101)91(84(79-96)106-92)107-93-89(102)87(100)86(99)83(78-95)105-93)82(97)76-74-72-70-68-66-64-62-60-58-56-54-52-50-48-46-44-36-34-32-30-28-26-24-22-20-18-16-14-12-10-8-6-4-2/h74,76,81-84,86-93,95-97,99-103H,3-73,75,77-80H2,1-2H3,(H,94,98)/b76-74+. The van der Waals surface area contributed by atoms with Crippen LogP contribution in [0.4, 0.5) is 0 Å². The van der Waals surface area contributed by atoms with E-state index in [1.54, 1.807) is 6.08 Å². The summed E-state index contributed by atoms with van der Waals surface area (Å²) in [6.45, 7) is 2.90. The van der Waals surface area contributed by atoms with Gasteiger partial charge in [-0.05, 0) is 19.3 Å². The topological polar surface area (TPSA) is 228 Å². The molecule has 0 bridgehead atoms. The number of aliphatic hydroxyl groups excluding tert-OH is 8. The number of ether oxygens (including phenoxy) is 4. The van der Waals surface area contributed by atoms with E-state index in [2.05, 4.69) is 19.2 Å². The number of hydrogen-bond acceptors (Lipinski definition) is 13. The van der Waals surface area contributed by atoms with Crippen LogP contribution in [0.5, 0.6) is 0 Å². The van der Waals surface area contributed by atoms with Gasteiger partial charge >= 0.3 is 0 Å². The Morgan fingerprint density at radius 1 is 0.327 bits per heavy atom. The van der Waals surface area contributed by atoms with Crippen molar-refractivity contribution in [2.24, 2.45) is 0 Å². The Hall–Kier alpha value is -1.27. The molecule has 0 radical (unpaired) electrons. The second kappa shape index (κ2) is 77.3. The SMILES string of the molecule is CCCCCCCCCCCCCCCCCCCCCCCCCCCCCCCCC/C=C/C(O)C(COC1OC(CO)C(OC2OC(CO)C(O)C(O)C2O)C(O)C1O)NC(=O)CCCCCCCCCCCCCCCCCCCCCCCCCCCCCCCCCCCCCCCCCC. The minimum atomic E-state index is -1.79. The molecule has 12 atom stereocenters. The molecular formula is C93H181NO13. The van der Waals surface area contributed by atoms with Crippen LogP contribution in [0.25, 0.3) is 0 Å². The highest BCUT2D eigenvalue weighted by molar-refractivity contribution is 5.76. The number of hydrogen-bond donors (Lipinski definition) is 9. The highest BCUT2D eigenvalue weighted by Crippen LogP contribution is 2.31. The minimum Gasteiger partial charge on any atom is -0.394 e. The lowest BCUT2D eigenvalue weighted by atomic mass is 9.97. The van der Waals surface area contributed by atoms with Gasteiger partial charge in [-0.1, -0.05) is 469 Å². The van der Waals surface area contributed by atoms with Crippen LogP contribution in [-0.2, 0) is 23.7 Å². The van der Waals surface area contributed by atoms with Gasteiger partial charge < -0.3 is 65.1 Å². The molecule has 636 valence electrons. The Morgan fingerprint density at radius 3 is 0.860 bits per heavy atom. The molecule has 2 aliphatic heterocycles. The summed E-state index contributed by atoms with van der Waals surface area (Å²) in [7, 11) is 0. The summed E-state index contributed by atoms with van der Waals surface area (Å²) in [6, 6.07) is -0.914. The van der Waals surface area contributed by atoms with Crippen molar-refractivity contribution >= 4 is 5.91 Å². The van der Waals surface area contributed by atoms with Gasteiger partial charge in [0.2, 0.25) is 5.91 Å². The number of allylic oxidation sites excluding steroid dienone is 1. The Kier molecular flexibility index (Phi) is 73.6. The maximum absolute atomic E-state index is 13.4. The van der Waals surface area contributed by atoms with Crippen LogP contribution in [-0.4, -0.2) is 140 Å². The third kappa shape index (κ3) is 59.1. The molecule has 12 unspecified atom stereocenters. The average Bonchev–Trinajstić information content (AvgIpc) is 0.789. The summed E-state index contributed by atoms with van der Waals surface area (Å²) >= 11 is 0. The first-order valence-corrected chi connectivity index (χ1v) is 47.4. The summed E-state index contributed by atoms with van der Waals surface area (Å²) in [4.78, 5) is 13.4. The Bertz CT molecular complexity index is 1850. The Labute approximate surface area is 660 Å². The molecule has 107 heavy (non-hydrogen) atoms. The zero-order valence-electron chi connectivity index (χ0n) is 70.4. The average molecular weight is 1520 g/mol. The maximum Gasteiger partial charge on any atom is 0.220 e. The first-order chi connectivity index (χ1) is 52.6. The van der Waals surface area contributed by atoms with Crippen LogP contribution >= 0.6 is 0 Å². The molecule has 0 saturated carbocycles. The lowest BCUT2D eigenvalue weighted by molar-refractivity contribution is -0.359. The number of unbranched alkanes of at least 4 members (excludes halogenated alkanes) is 70. The number of aliphatic hydroxyl groups is 8. The number of carbonyl (C=O) groups is 1. The van der Waals surface area contributed by atoms with E-state index in [0.29, 0.717) is 0 Å². The number of amides is 1. The van der Waals surface area contributed by atoms with E-state index in [1.807, 2.05) is 6.08 Å². The van der Waals surface area contributed by atoms with Crippen LogP contribution in [0.2, 0.25) is 0 Å². The van der Waals surface area contributed by atoms with Crippen LogP contribution in [0, 0.1) is 0 Å². The predicted molar refractivity (Wildman–Crippen MR) is 448 cm³/mol. The third-order valence-corrected chi connectivity index (χ3v) is 23.7. The van der Waals surface area contributed by atoms with Crippen LogP contribution in [0.3, 0.4) is 0 Å². The molecule has 14 nitrogen and oxygen atoms in total. The zero-order valence-corrected chi connectivity index (χ0v) is 70.4. The van der Waals surface area contributed by atoms with Crippen molar-refractivity contribution in [3.63, 3.8) is 0 Å². The van der Waals surface area contributed by atoms with Crippen LogP contribution in [0.15, 0.2) is 12.2 Å².